The Kier molecular flexibility index (Phi) is 50.0. The molecular weight excluding hydrogens is 602 g/mol. The van der Waals surface area contributed by atoms with Crippen LogP contribution < -0.4 is 55.1 Å². The summed E-state index contributed by atoms with van der Waals surface area (Å²) in [7, 11) is -4.14. The molecule has 0 saturated heterocycles. The van der Waals surface area contributed by atoms with E-state index in [4.69, 9.17) is 44.2 Å². The molecule has 0 saturated carbocycles. The van der Waals surface area contributed by atoms with Gasteiger partial charge >= 0.3 is 56.9 Å². The van der Waals surface area contributed by atoms with Crippen LogP contribution in [0.15, 0.2) is 0 Å². The van der Waals surface area contributed by atoms with Crippen LogP contribution >= 0.6 is 0 Å². The number of carbonyl (C=O) groups is 5. The van der Waals surface area contributed by atoms with Crippen LogP contribution in [0.1, 0.15) is 34.1 Å². The summed E-state index contributed by atoms with van der Waals surface area (Å²) in [6.07, 6.45) is -0.668. The first-order valence-corrected chi connectivity index (χ1v) is 7.31. The first-order chi connectivity index (χ1) is 10.8. The Morgan fingerprint density at radius 2 is 0.852 bits per heavy atom. The number of rotatable bonds is 3. The fourth-order valence-electron chi connectivity index (χ4n) is 0.212. The van der Waals surface area contributed by atoms with Crippen molar-refractivity contribution < 1.29 is 92.0 Å². The van der Waals surface area contributed by atoms with E-state index in [1.165, 1.54) is 0 Å². The minimum atomic E-state index is -4.14. The molecule has 0 spiro atoms. The van der Waals surface area contributed by atoms with Gasteiger partial charge in [0, 0.05) is 36.3 Å². The SMILES string of the molecule is CC(=O)[O-].CC(=O)[O-].CC(=O)[O-].CC(=O)[O-].O=C([O-])CCS(=O)(=O)O.[Na+].[Pb+4]. The molecule has 0 atom stereocenters. The van der Waals surface area contributed by atoms with Crippen molar-refractivity contribution in [3.05, 3.63) is 0 Å². The van der Waals surface area contributed by atoms with E-state index in [1.54, 1.807) is 0 Å². The molecule has 0 aliphatic heterocycles. The van der Waals surface area contributed by atoms with Gasteiger partial charge in [-0.15, -0.1) is 0 Å². The molecule has 1 N–H and O–H groups in total. The third-order valence-electron chi connectivity index (χ3n) is 0.564. The van der Waals surface area contributed by atoms with Gasteiger partial charge in [0.05, 0.1) is 5.75 Å². The number of hydrogen-bond acceptors (Lipinski definition) is 12. The first-order valence-electron chi connectivity index (χ1n) is 5.70. The maximum Gasteiger partial charge on any atom is 4.00 e. The molecule has 0 unspecified atom stereocenters. The van der Waals surface area contributed by atoms with Gasteiger partial charge < -0.3 is 49.5 Å². The molecule has 13 nitrogen and oxygen atoms in total. The number of carbonyl (C=O) groups excluding carboxylic acids is 5. The fourth-order valence-corrected chi connectivity index (χ4v) is 0.637. The maximum absolute atomic E-state index is 9.80. The zero-order valence-electron chi connectivity index (χ0n) is 15.2. The molecule has 0 aromatic carbocycles. The van der Waals surface area contributed by atoms with Crippen molar-refractivity contribution in [2.45, 2.75) is 34.1 Å². The largest absolute Gasteiger partial charge is 4.00 e. The zero-order chi connectivity index (χ0) is 21.8. The Bertz CT molecular complexity index is 454. The molecule has 0 aliphatic rings. The fraction of sp³-hybridized carbons (Fsp3) is 0.545. The van der Waals surface area contributed by atoms with Crippen LogP contribution in [-0.4, -0.2) is 75.9 Å². The van der Waals surface area contributed by atoms with Crippen LogP contribution in [0, 0.1) is 0 Å². The molecule has 0 aromatic rings. The second-order valence-corrected chi connectivity index (χ2v) is 4.95. The van der Waals surface area contributed by atoms with E-state index in [9.17, 15) is 18.3 Å². The van der Waals surface area contributed by atoms with Crippen LogP contribution in [0.5, 0.6) is 0 Å². The van der Waals surface area contributed by atoms with E-state index in [0.29, 0.717) is 0 Å². The summed E-state index contributed by atoms with van der Waals surface area (Å²) in [6.45, 7) is 3.89. The van der Waals surface area contributed by atoms with E-state index in [0.717, 1.165) is 27.7 Å². The second kappa shape index (κ2) is 29.9. The minimum Gasteiger partial charge on any atom is -0.550 e. The smallest absolute Gasteiger partial charge is 0.550 e. The van der Waals surface area contributed by atoms with Crippen LogP contribution in [0.3, 0.4) is 0 Å². The molecule has 0 radical (unpaired) electrons. The monoisotopic (exact) mass is 620 g/mol. The van der Waals surface area contributed by atoms with Gasteiger partial charge in [0.2, 0.25) is 0 Å². The van der Waals surface area contributed by atoms with Crippen molar-refractivity contribution >= 4 is 67.3 Å². The van der Waals surface area contributed by atoms with Gasteiger partial charge in [0.25, 0.3) is 10.1 Å². The molecule has 0 aromatic heterocycles. The molecule has 0 amide bonds. The Morgan fingerprint density at radius 1 is 0.704 bits per heavy atom. The molecule has 0 aliphatic carbocycles. The number of hydrogen-bond donors (Lipinski definition) is 1. The van der Waals surface area contributed by atoms with Gasteiger partial charge in [-0.1, -0.05) is 0 Å². The molecule has 27 heavy (non-hydrogen) atoms. The number of carboxylic acids is 5. The van der Waals surface area contributed by atoms with Gasteiger partial charge in [-0.3, -0.25) is 4.55 Å². The van der Waals surface area contributed by atoms with Crippen LogP contribution in [0.2, 0.25) is 0 Å². The Morgan fingerprint density at radius 3 is 0.889 bits per heavy atom. The summed E-state index contributed by atoms with van der Waals surface area (Å²) in [5.41, 5.74) is 0. The molecule has 0 rings (SSSR count). The molecule has 16 heteroatoms. The van der Waals surface area contributed by atoms with E-state index in [2.05, 4.69) is 0 Å². The van der Waals surface area contributed by atoms with Gasteiger partial charge in [-0.2, -0.15) is 8.42 Å². The Labute approximate surface area is 198 Å². The summed E-state index contributed by atoms with van der Waals surface area (Å²) < 4.78 is 27.5. The summed E-state index contributed by atoms with van der Waals surface area (Å²) in [5, 5.41) is 45.1. The quantitative estimate of drug-likeness (QED) is 0.228. The van der Waals surface area contributed by atoms with E-state index in [-0.39, 0.29) is 56.9 Å². The first kappa shape index (κ1) is 45.1. The standard InChI is InChI=1S/C3H6O5S.4C2H4O2.Na.Pb/c4-3(5)1-2-9(6,7)8;4*1-2(3)4;;/h1-2H2,(H,4,5)(H,6,7,8);4*1H3,(H,3,4);;/q;;;;;+1;+4/p-5. The van der Waals surface area contributed by atoms with Crippen molar-refractivity contribution in [3.63, 3.8) is 0 Å². The van der Waals surface area contributed by atoms with Gasteiger partial charge in [0.1, 0.15) is 0 Å². The van der Waals surface area contributed by atoms with Gasteiger partial charge in [-0.05, 0) is 27.7 Å². The Hall–Kier alpha value is -0.818. The summed E-state index contributed by atoms with van der Waals surface area (Å²) in [4.78, 5) is 45.1. The molecule has 0 bridgehead atoms. The van der Waals surface area contributed by atoms with Gasteiger partial charge in [-0.25, -0.2) is 0 Å². The van der Waals surface area contributed by atoms with Crippen molar-refractivity contribution in [2.24, 2.45) is 0 Å². The molecular formula is C11H17NaO13PbS. The average Bonchev–Trinajstić information content (AvgIpc) is 2.21. The number of carboxylic acid groups (broad SMARTS) is 5. The normalized spacial score (nSPS) is 7.44. The second-order valence-electron chi connectivity index (χ2n) is 3.37. The maximum atomic E-state index is 9.80. The van der Waals surface area contributed by atoms with E-state index < -0.39 is 52.1 Å². The van der Waals surface area contributed by atoms with Gasteiger partial charge in [0.15, 0.2) is 0 Å². The summed E-state index contributed by atoms with van der Waals surface area (Å²) in [5.74, 6) is -6.61. The average molecular weight is 620 g/mol. The topological polar surface area (TPSA) is 255 Å². The predicted octanol–water partition coefficient (Wildman–Crippen LogP) is -10.3. The molecule has 0 fully saturated rings. The Balaban J connectivity index is -0.0000000386. The van der Waals surface area contributed by atoms with E-state index in [1.807, 2.05) is 0 Å². The number of aliphatic carboxylic acids is 5. The third-order valence-corrected chi connectivity index (χ3v) is 1.28. The van der Waals surface area contributed by atoms with Crippen LogP contribution in [-0.2, 0) is 34.1 Å². The molecule has 150 valence electrons. The predicted molar refractivity (Wildman–Crippen MR) is 74.5 cm³/mol. The zero-order valence-corrected chi connectivity index (χ0v) is 21.9. The summed E-state index contributed by atoms with van der Waals surface area (Å²) in [6, 6.07) is 0. The molecule has 0 heterocycles. The van der Waals surface area contributed by atoms with Crippen molar-refractivity contribution in [3.8, 4) is 0 Å². The van der Waals surface area contributed by atoms with E-state index >= 15 is 0 Å². The van der Waals surface area contributed by atoms with Crippen LogP contribution in [0.25, 0.3) is 0 Å². The van der Waals surface area contributed by atoms with Crippen molar-refractivity contribution in [2.75, 3.05) is 5.75 Å². The third kappa shape index (κ3) is 504. The minimum absolute atomic E-state index is 0. The van der Waals surface area contributed by atoms with Crippen molar-refractivity contribution in [1.29, 1.82) is 0 Å². The summed E-state index contributed by atoms with van der Waals surface area (Å²) >= 11 is 0. The van der Waals surface area contributed by atoms with Crippen LogP contribution in [0.4, 0.5) is 0 Å². The van der Waals surface area contributed by atoms with Crippen molar-refractivity contribution in [1.82, 2.24) is 0 Å².